The van der Waals surface area contributed by atoms with E-state index in [0.29, 0.717) is 23.2 Å². The highest BCUT2D eigenvalue weighted by atomic mass is 32.2. The van der Waals surface area contributed by atoms with E-state index >= 15 is 0 Å². The maximum Gasteiger partial charge on any atom is 0.294 e. The molecule has 0 spiro atoms. The smallest absolute Gasteiger partial charge is 0.282 e. The van der Waals surface area contributed by atoms with Gasteiger partial charge >= 0.3 is 0 Å². The summed E-state index contributed by atoms with van der Waals surface area (Å²) in [6.45, 7) is 10.2. The minimum absolute atomic E-state index is 0.0988. The van der Waals surface area contributed by atoms with Gasteiger partial charge in [-0.3, -0.25) is 4.55 Å². The van der Waals surface area contributed by atoms with E-state index in [1.807, 2.05) is 0 Å². The molecule has 0 bridgehead atoms. The maximum atomic E-state index is 11.7. The molecular weight excluding hydrogens is 440 g/mol. The van der Waals surface area contributed by atoms with Crippen LogP contribution in [-0.4, -0.2) is 13.0 Å². The summed E-state index contributed by atoms with van der Waals surface area (Å²) in [6.07, 6.45) is 21.1. The Kier molecular flexibility index (Phi) is 6.67. The lowest BCUT2D eigenvalue weighted by Gasteiger charge is -2.61. The Balaban J connectivity index is 1.31. The van der Waals surface area contributed by atoms with Crippen LogP contribution in [0.15, 0.2) is 22.6 Å². The molecule has 3 nitrogen and oxygen atoms in total. The summed E-state index contributed by atoms with van der Waals surface area (Å²) in [5.41, 5.74) is 2.17. The Labute approximate surface area is 209 Å². The van der Waals surface area contributed by atoms with Gasteiger partial charge in [0.2, 0.25) is 0 Å². The molecule has 191 valence electrons. The summed E-state index contributed by atoms with van der Waals surface area (Å²) >= 11 is 0. The zero-order valence-corrected chi connectivity index (χ0v) is 22.7. The molecular formula is C30H47O3S. The van der Waals surface area contributed by atoms with Crippen molar-refractivity contribution in [2.24, 2.45) is 52.3 Å². The summed E-state index contributed by atoms with van der Waals surface area (Å²) in [6, 6.07) is 0. The highest BCUT2D eigenvalue weighted by Crippen LogP contribution is 2.69. The quantitative estimate of drug-likeness (QED) is 0.400. The molecule has 5 rings (SSSR count). The Morgan fingerprint density at radius 3 is 2.50 bits per heavy atom. The van der Waals surface area contributed by atoms with E-state index < -0.39 is 10.1 Å². The lowest BCUT2D eigenvalue weighted by atomic mass is 9.43. The van der Waals surface area contributed by atoms with Gasteiger partial charge in [0.1, 0.15) is 0 Å². The first-order valence-electron chi connectivity index (χ1n) is 14.3. The molecule has 0 aromatic carbocycles. The number of hydrogen-bond donors (Lipinski definition) is 1. The van der Waals surface area contributed by atoms with E-state index in [1.165, 1.54) is 64.2 Å². The first-order chi connectivity index (χ1) is 16.1. The molecule has 1 radical (unpaired) electrons. The predicted octanol–water partition coefficient (Wildman–Crippen LogP) is 8.00. The molecule has 4 saturated carbocycles. The van der Waals surface area contributed by atoms with E-state index in [0.717, 1.165) is 47.5 Å². The molecule has 0 aromatic rings. The van der Waals surface area contributed by atoms with Gasteiger partial charge in [-0.1, -0.05) is 52.2 Å². The molecule has 5 aliphatic carbocycles. The highest BCUT2D eigenvalue weighted by molar-refractivity contribution is 7.90. The van der Waals surface area contributed by atoms with Crippen LogP contribution in [-0.2, 0) is 10.1 Å². The Bertz CT molecular complexity index is 948. The Hall–Kier alpha value is -0.610. The summed E-state index contributed by atoms with van der Waals surface area (Å²) < 4.78 is 32.9. The summed E-state index contributed by atoms with van der Waals surface area (Å²) in [7, 11) is -4.11. The lowest BCUT2D eigenvalue weighted by Crippen LogP contribution is -2.53. The fraction of sp³-hybridized carbons (Fsp3) is 0.833. The van der Waals surface area contributed by atoms with Crippen molar-refractivity contribution in [3.8, 4) is 0 Å². The molecule has 0 amide bonds. The zero-order valence-electron chi connectivity index (χ0n) is 21.9. The van der Waals surface area contributed by atoms with Gasteiger partial charge in [-0.25, -0.2) is 0 Å². The fourth-order valence-electron chi connectivity index (χ4n) is 10.3. The van der Waals surface area contributed by atoms with Crippen molar-refractivity contribution in [3.05, 3.63) is 29.1 Å². The van der Waals surface area contributed by atoms with Crippen molar-refractivity contribution >= 4 is 10.1 Å². The third-order valence-electron chi connectivity index (χ3n) is 11.9. The van der Waals surface area contributed by atoms with Crippen LogP contribution in [0.2, 0.25) is 0 Å². The summed E-state index contributed by atoms with van der Waals surface area (Å²) in [5.74, 6) is 5.73. The zero-order chi connectivity index (χ0) is 24.3. The predicted molar refractivity (Wildman–Crippen MR) is 139 cm³/mol. The third kappa shape index (κ3) is 4.07. The topological polar surface area (TPSA) is 54.4 Å². The Morgan fingerprint density at radius 2 is 1.76 bits per heavy atom. The van der Waals surface area contributed by atoms with Gasteiger partial charge in [-0.05, 0) is 129 Å². The van der Waals surface area contributed by atoms with E-state index in [1.54, 1.807) is 12.2 Å². The molecule has 0 saturated heterocycles. The average molecular weight is 488 g/mol. The number of hydrogen-bond acceptors (Lipinski definition) is 2. The van der Waals surface area contributed by atoms with Gasteiger partial charge in [0.15, 0.2) is 0 Å². The van der Waals surface area contributed by atoms with Crippen LogP contribution in [0, 0.1) is 58.7 Å². The van der Waals surface area contributed by atoms with Crippen LogP contribution >= 0.6 is 0 Å². The van der Waals surface area contributed by atoms with Crippen LogP contribution in [0.1, 0.15) is 105 Å². The van der Waals surface area contributed by atoms with Crippen LogP contribution in [0.25, 0.3) is 0 Å². The molecule has 0 aromatic heterocycles. The molecule has 4 fully saturated rings. The van der Waals surface area contributed by atoms with Crippen molar-refractivity contribution in [1.82, 2.24) is 0 Å². The van der Waals surface area contributed by atoms with Gasteiger partial charge in [-0.15, -0.1) is 0 Å². The lowest BCUT2D eigenvalue weighted by molar-refractivity contribution is -0.119. The van der Waals surface area contributed by atoms with Crippen molar-refractivity contribution in [2.45, 2.75) is 105 Å². The second-order valence-corrected chi connectivity index (χ2v) is 14.7. The molecule has 5 unspecified atom stereocenters. The van der Waals surface area contributed by atoms with Crippen LogP contribution in [0.4, 0.5) is 0 Å². The number of fused-ring (bicyclic) bond motifs is 5. The molecule has 5 aliphatic rings. The minimum atomic E-state index is -4.11. The fourth-order valence-corrected chi connectivity index (χ4v) is 10.8. The standard InChI is InChI=1S/C30H47O3S/c1-5-7-20(2)26-12-13-27-25-11-10-23-18-22(21-8-6-9-24(19-21)34(31,32)33)14-16-29(23,3)28(25)15-17-30(26,27)4/h8-9,19-20,22-23,25-28H,5-7,10-18H2,1-4H3,(H,31,32,33)/t20-,22?,23?,25?,26-,27?,28?,29+,30-/m1/s1. The van der Waals surface area contributed by atoms with Gasteiger partial charge in [-0.2, -0.15) is 8.42 Å². The van der Waals surface area contributed by atoms with Crippen molar-refractivity contribution in [2.75, 3.05) is 0 Å². The van der Waals surface area contributed by atoms with Gasteiger partial charge in [0, 0.05) is 0 Å². The van der Waals surface area contributed by atoms with E-state index in [2.05, 4.69) is 34.1 Å². The van der Waals surface area contributed by atoms with Crippen molar-refractivity contribution in [3.63, 3.8) is 0 Å². The van der Waals surface area contributed by atoms with Crippen LogP contribution in [0.3, 0.4) is 0 Å². The maximum absolute atomic E-state index is 11.7. The summed E-state index contributed by atoms with van der Waals surface area (Å²) in [5, 5.41) is 0. The van der Waals surface area contributed by atoms with Crippen LogP contribution < -0.4 is 0 Å². The molecule has 34 heavy (non-hydrogen) atoms. The second kappa shape index (κ2) is 9.05. The third-order valence-corrected chi connectivity index (χ3v) is 12.8. The first-order valence-corrected chi connectivity index (χ1v) is 15.7. The second-order valence-electron chi connectivity index (χ2n) is 13.3. The monoisotopic (exact) mass is 487 g/mol. The number of allylic oxidation sites excluding steroid dienone is 3. The first kappa shape index (κ1) is 25.1. The number of rotatable bonds is 5. The highest BCUT2D eigenvalue weighted by Gasteiger charge is 2.60. The molecule has 9 atom stereocenters. The van der Waals surface area contributed by atoms with Crippen molar-refractivity contribution in [1.29, 1.82) is 0 Å². The largest absolute Gasteiger partial charge is 0.294 e. The van der Waals surface area contributed by atoms with Crippen LogP contribution in [0.5, 0.6) is 0 Å². The van der Waals surface area contributed by atoms with E-state index in [4.69, 9.17) is 0 Å². The minimum Gasteiger partial charge on any atom is -0.282 e. The molecule has 1 N–H and O–H groups in total. The molecule has 4 heteroatoms. The SMILES string of the molecule is CCC[C@@H](C)[C@H]1CCC2C3CCC4CC(C5=CC(S(=O)(=O)O)=CC[CH]5)CC[C@]4(C)C3CC[C@@]21C. The Morgan fingerprint density at radius 1 is 1.03 bits per heavy atom. The average Bonchev–Trinajstić information content (AvgIpc) is 3.15. The normalized spacial score (nSPS) is 45.4. The molecule has 0 heterocycles. The van der Waals surface area contributed by atoms with Gasteiger partial charge in [0.25, 0.3) is 10.1 Å². The summed E-state index contributed by atoms with van der Waals surface area (Å²) in [4.78, 5) is 0.0988. The van der Waals surface area contributed by atoms with E-state index in [-0.39, 0.29) is 4.91 Å². The molecule has 0 aliphatic heterocycles. The van der Waals surface area contributed by atoms with Gasteiger partial charge in [0.05, 0.1) is 4.91 Å². The van der Waals surface area contributed by atoms with Gasteiger partial charge < -0.3 is 0 Å². The van der Waals surface area contributed by atoms with E-state index in [9.17, 15) is 13.0 Å². The van der Waals surface area contributed by atoms with Crippen molar-refractivity contribution < 1.29 is 13.0 Å².